The molecule has 0 amide bonds. The maximum atomic E-state index is 9.01. The van der Waals surface area contributed by atoms with E-state index in [1.54, 1.807) is 0 Å². The Bertz CT molecular complexity index is 347. The van der Waals surface area contributed by atoms with Crippen LogP contribution in [0.4, 0.5) is 0 Å². The third-order valence-corrected chi connectivity index (χ3v) is 3.41. The van der Waals surface area contributed by atoms with Crippen LogP contribution in [0.15, 0.2) is 28.4 Å². The van der Waals surface area contributed by atoms with E-state index in [9.17, 15) is 0 Å². The number of nitrogens with one attached hydrogen (secondary N) is 1. The summed E-state index contributed by atoms with van der Waals surface area (Å²) in [5.41, 5.74) is 2.32. The number of aliphatic imine (C=N–C) groups is 1. The van der Waals surface area contributed by atoms with Crippen molar-refractivity contribution in [2.45, 2.75) is 33.2 Å². The lowest BCUT2D eigenvalue weighted by atomic mass is 10.2. The van der Waals surface area contributed by atoms with Gasteiger partial charge in [-0.2, -0.15) is 0 Å². The molecule has 2 N–H and O–H groups in total. The minimum absolute atomic E-state index is 0.223. The van der Waals surface area contributed by atoms with Crippen LogP contribution in [0, 0.1) is 0 Å². The normalized spacial score (nSPS) is 17.1. The third kappa shape index (κ3) is 6.14. The van der Waals surface area contributed by atoms with E-state index in [0.717, 1.165) is 38.3 Å². The molecule has 0 spiro atoms. The van der Waals surface area contributed by atoms with Crippen molar-refractivity contribution in [1.29, 1.82) is 0 Å². The van der Waals surface area contributed by atoms with E-state index in [4.69, 9.17) is 5.11 Å². The molecule has 1 aliphatic heterocycles. The number of hydrogen-bond acceptors (Lipinski definition) is 4. The van der Waals surface area contributed by atoms with E-state index in [0.29, 0.717) is 6.04 Å². The largest absolute Gasteiger partial charge is 0.395 e. The lowest BCUT2D eigenvalue weighted by molar-refractivity contribution is 0.163. The van der Waals surface area contributed by atoms with Gasteiger partial charge in [0.25, 0.3) is 0 Å². The van der Waals surface area contributed by atoms with Crippen LogP contribution in [0.5, 0.6) is 0 Å². The molecule has 1 unspecified atom stereocenters. The summed E-state index contributed by atoms with van der Waals surface area (Å²) in [6.07, 6.45) is 7.25. The molecule has 0 aromatic carbocycles. The van der Waals surface area contributed by atoms with Gasteiger partial charge in [-0.15, -0.1) is 0 Å². The number of rotatable bonds is 8. The molecule has 0 bridgehead atoms. The maximum Gasteiger partial charge on any atom is 0.0558 e. The summed E-state index contributed by atoms with van der Waals surface area (Å²) < 4.78 is 0. The van der Waals surface area contributed by atoms with Crippen LogP contribution < -0.4 is 5.32 Å². The van der Waals surface area contributed by atoms with E-state index in [1.807, 2.05) is 13.1 Å². The van der Waals surface area contributed by atoms with Gasteiger partial charge in [0.05, 0.1) is 6.61 Å². The van der Waals surface area contributed by atoms with Gasteiger partial charge < -0.3 is 10.4 Å². The summed E-state index contributed by atoms with van der Waals surface area (Å²) in [5, 5.41) is 12.5. The van der Waals surface area contributed by atoms with Gasteiger partial charge in [-0.1, -0.05) is 19.1 Å². The summed E-state index contributed by atoms with van der Waals surface area (Å²) in [6, 6.07) is 0.431. The lowest BCUT2D eigenvalue weighted by Crippen LogP contribution is -2.42. The average molecular weight is 265 g/mol. The van der Waals surface area contributed by atoms with Gasteiger partial charge in [-0.25, -0.2) is 0 Å². The molecule has 1 heterocycles. The molecule has 0 aliphatic carbocycles. The molecule has 0 radical (unpaired) electrons. The molecule has 4 nitrogen and oxygen atoms in total. The molecule has 0 saturated heterocycles. The minimum Gasteiger partial charge on any atom is -0.395 e. The highest BCUT2D eigenvalue weighted by molar-refractivity contribution is 5.80. The SMILES string of the molecule is CCN(CCO)C(C)CNCC1=CCC=C(C)N=C1. The molecule has 4 heteroatoms. The summed E-state index contributed by atoms with van der Waals surface area (Å²) in [6.45, 7) is 10.0. The Kier molecular flexibility index (Phi) is 7.63. The lowest BCUT2D eigenvalue weighted by Gasteiger charge is -2.27. The number of hydrogen-bond donors (Lipinski definition) is 2. The third-order valence-electron chi connectivity index (χ3n) is 3.41. The first-order valence-electron chi connectivity index (χ1n) is 7.12. The fourth-order valence-electron chi connectivity index (χ4n) is 2.16. The molecule has 1 rings (SSSR count). The van der Waals surface area contributed by atoms with Crippen LogP contribution in [-0.2, 0) is 0 Å². The second-order valence-electron chi connectivity index (χ2n) is 4.95. The monoisotopic (exact) mass is 265 g/mol. The number of nitrogens with zero attached hydrogens (tertiary/aromatic N) is 2. The summed E-state index contributed by atoms with van der Waals surface area (Å²) >= 11 is 0. The summed E-state index contributed by atoms with van der Waals surface area (Å²) in [7, 11) is 0. The molecule has 1 aliphatic rings. The Hall–Kier alpha value is -0.970. The Morgan fingerprint density at radius 3 is 2.95 bits per heavy atom. The molecule has 0 aromatic heterocycles. The van der Waals surface area contributed by atoms with Crippen molar-refractivity contribution in [2.75, 3.05) is 32.8 Å². The predicted molar refractivity (Wildman–Crippen MR) is 81.6 cm³/mol. The molecule has 19 heavy (non-hydrogen) atoms. The van der Waals surface area contributed by atoms with Crippen LogP contribution in [0.25, 0.3) is 0 Å². The van der Waals surface area contributed by atoms with Gasteiger partial charge in [0, 0.05) is 37.6 Å². The number of allylic oxidation sites excluding steroid dienone is 3. The molecule has 0 saturated carbocycles. The summed E-state index contributed by atoms with van der Waals surface area (Å²) in [5.74, 6) is 0. The van der Waals surface area contributed by atoms with Crippen LogP contribution >= 0.6 is 0 Å². The molecular formula is C15H27N3O. The Labute approximate surface area is 116 Å². The van der Waals surface area contributed by atoms with Crippen molar-refractivity contribution < 1.29 is 5.11 Å². The van der Waals surface area contributed by atoms with Crippen LogP contribution in [0.3, 0.4) is 0 Å². The number of aliphatic hydroxyl groups is 1. The fraction of sp³-hybridized carbons (Fsp3) is 0.667. The second kappa shape index (κ2) is 9.02. The molecular weight excluding hydrogens is 238 g/mol. The Morgan fingerprint density at radius 1 is 1.47 bits per heavy atom. The van der Waals surface area contributed by atoms with Crippen LogP contribution in [0.2, 0.25) is 0 Å². The van der Waals surface area contributed by atoms with Crippen molar-refractivity contribution >= 4 is 6.21 Å². The molecule has 108 valence electrons. The Balaban J connectivity index is 2.30. The second-order valence-corrected chi connectivity index (χ2v) is 4.95. The van der Waals surface area contributed by atoms with E-state index in [1.165, 1.54) is 5.57 Å². The van der Waals surface area contributed by atoms with Crippen LogP contribution in [-0.4, -0.2) is 55.0 Å². The van der Waals surface area contributed by atoms with Crippen molar-refractivity contribution in [2.24, 2.45) is 4.99 Å². The van der Waals surface area contributed by atoms with Gasteiger partial charge in [0.15, 0.2) is 0 Å². The van der Waals surface area contributed by atoms with Crippen molar-refractivity contribution in [3.63, 3.8) is 0 Å². The Morgan fingerprint density at radius 2 is 2.26 bits per heavy atom. The maximum absolute atomic E-state index is 9.01. The zero-order valence-corrected chi connectivity index (χ0v) is 12.4. The first-order chi connectivity index (χ1) is 9.17. The standard InChI is InChI=1S/C15H27N3O/c1-4-18(8-9-19)14(3)10-16-11-15-7-5-6-13(2)17-12-15/h6-7,12,14,16,19H,4-5,8-11H2,1-3H3. The van der Waals surface area contributed by atoms with Crippen molar-refractivity contribution in [1.82, 2.24) is 10.2 Å². The number of likely N-dealkylation sites (N-methyl/N-ethyl adjacent to an activating group) is 1. The molecule has 0 aromatic rings. The highest BCUT2D eigenvalue weighted by atomic mass is 16.3. The molecule has 0 fully saturated rings. The van der Waals surface area contributed by atoms with Gasteiger partial charge in [0.2, 0.25) is 0 Å². The van der Waals surface area contributed by atoms with Crippen LogP contribution in [0.1, 0.15) is 27.2 Å². The van der Waals surface area contributed by atoms with E-state index in [2.05, 4.69) is 41.2 Å². The van der Waals surface area contributed by atoms with E-state index < -0.39 is 0 Å². The minimum atomic E-state index is 0.223. The van der Waals surface area contributed by atoms with E-state index in [-0.39, 0.29) is 6.61 Å². The predicted octanol–water partition coefficient (Wildman–Crippen LogP) is 1.58. The van der Waals surface area contributed by atoms with Crippen molar-refractivity contribution in [3.8, 4) is 0 Å². The quantitative estimate of drug-likeness (QED) is 0.700. The van der Waals surface area contributed by atoms with Gasteiger partial charge in [-0.05, 0) is 32.4 Å². The highest BCUT2D eigenvalue weighted by Gasteiger charge is 2.10. The van der Waals surface area contributed by atoms with Gasteiger partial charge in [-0.3, -0.25) is 9.89 Å². The smallest absolute Gasteiger partial charge is 0.0558 e. The first-order valence-corrected chi connectivity index (χ1v) is 7.12. The number of aliphatic hydroxyl groups excluding tert-OH is 1. The van der Waals surface area contributed by atoms with Crippen molar-refractivity contribution in [3.05, 3.63) is 23.4 Å². The summed E-state index contributed by atoms with van der Waals surface area (Å²) in [4.78, 5) is 6.64. The fourth-order valence-corrected chi connectivity index (χ4v) is 2.16. The first kappa shape index (κ1) is 16.1. The van der Waals surface area contributed by atoms with Gasteiger partial charge in [0.1, 0.15) is 0 Å². The van der Waals surface area contributed by atoms with E-state index >= 15 is 0 Å². The topological polar surface area (TPSA) is 47.9 Å². The zero-order chi connectivity index (χ0) is 14.1. The molecule has 1 atom stereocenters. The highest BCUT2D eigenvalue weighted by Crippen LogP contribution is 2.05. The zero-order valence-electron chi connectivity index (χ0n) is 12.4. The van der Waals surface area contributed by atoms with Gasteiger partial charge >= 0.3 is 0 Å². The average Bonchev–Trinajstić information content (AvgIpc) is 2.61.